The molecule has 0 saturated heterocycles. The summed E-state index contributed by atoms with van der Waals surface area (Å²) in [5, 5.41) is 16.9. The van der Waals surface area contributed by atoms with Gasteiger partial charge in [0, 0.05) is 28.4 Å². The molecule has 0 bridgehead atoms. The number of ether oxygens (including phenoxy) is 1. The van der Waals surface area contributed by atoms with E-state index in [1.165, 1.54) is 25.3 Å². The van der Waals surface area contributed by atoms with Gasteiger partial charge in [-0.2, -0.15) is 5.10 Å². The minimum Gasteiger partial charge on any atom is -0.497 e. The Kier molecular flexibility index (Phi) is 6.23. The number of rotatable bonds is 5. The lowest BCUT2D eigenvalue weighted by Gasteiger charge is -2.05. The molecule has 0 aliphatic carbocycles. The van der Waals surface area contributed by atoms with E-state index in [1.54, 1.807) is 24.3 Å². The highest BCUT2D eigenvalue weighted by atomic mass is 35.5. The molecular weight excluding hydrogens is 364 g/mol. The van der Waals surface area contributed by atoms with Crippen LogP contribution >= 0.6 is 11.6 Å². The summed E-state index contributed by atoms with van der Waals surface area (Å²) < 4.78 is 4.99. The molecule has 2 N–H and O–H groups in total. The highest BCUT2D eigenvalue weighted by Crippen LogP contribution is 2.20. The van der Waals surface area contributed by atoms with Crippen LogP contribution < -0.4 is 15.5 Å². The molecular formula is C16H13ClN4O5. The Hall–Kier alpha value is -3.46. The minimum absolute atomic E-state index is 0.181. The Balaban J connectivity index is 1.96. The maximum atomic E-state index is 11.8. The van der Waals surface area contributed by atoms with Gasteiger partial charge in [0.25, 0.3) is 5.69 Å². The molecule has 9 nitrogen and oxygen atoms in total. The van der Waals surface area contributed by atoms with Gasteiger partial charge in [-0.05, 0) is 30.3 Å². The second-order valence-corrected chi connectivity index (χ2v) is 5.25. The molecule has 2 aromatic carbocycles. The van der Waals surface area contributed by atoms with Crippen molar-refractivity contribution in [3.8, 4) is 5.75 Å². The van der Waals surface area contributed by atoms with Crippen molar-refractivity contribution in [1.82, 2.24) is 5.43 Å². The topological polar surface area (TPSA) is 123 Å². The van der Waals surface area contributed by atoms with Gasteiger partial charge in [0.2, 0.25) is 0 Å². The third kappa shape index (κ3) is 5.02. The lowest BCUT2D eigenvalue weighted by Crippen LogP contribution is -2.32. The monoisotopic (exact) mass is 376 g/mol. The van der Waals surface area contributed by atoms with Crippen molar-refractivity contribution in [3.05, 3.63) is 63.2 Å². The fourth-order valence-corrected chi connectivity index (χ4v) is 1.98. The molecule has 0 fully saturated rings. The SMILES string of the molecule is COc1ccc(NC(=O)C(=O)N/N=C\c2cc([N+](=O)[O-])ccc2Cl)cc1. The number of halogens is 1. The molecule has 134 valence electrons. The Morgan fingerprint density at radius 1 is 1.19 bits per heavy atom. The molecule has 26 heavy (non-hydrogen) atoms. The van der Waals surface area contributed by atoms with E-state index in [4.69, 9.17) is 16.3 Å². The average molecular weight is 377 g/mol. The van der Waals surface area contributed by atoms with Crippen LogP contribution in [0.3, 0.4) is 0 Å². The van der Waals surface area contributed by atoms with Gasteiger partial charge in [-0.25, -0.2) is 5.43 Å². The molecule has 0 spiro atoms. The number of hydrogen-bond donors (Lipinski definition) is 2. The van der Waals surface area contributed by atoms with Crippen LogP contribution in [-0.2, 0) is 9.59 Å². The lowest BCUT2D eigenvalue weighted by molar-refractivity contribution is -0.384. The first-order chi connectivity index (χ1) is 12.4. The number of nitro benzene ring substituents is 1. The largest absolute Gasteiger partial charge is 0.497 e. The van der Waals surface area contributed by atoms with Crippen molar-refractivity contribution in [1.29, 1.82) is 0 Å². The molecule has 0 atom stereocenters. The number of methoxy groups -OCH3 is 1. The van der Waals surface area contributed by atoms with Crippen LogP contribution in [0.4, 0.5) is 11.4 Å². The predicted molar refractivity (Wildman–Crippen MR) is 95.5 cm³/mol. The van der Waals surface area contributed by atoms with Crippen LogP contribution in [0.2, 0.25) is 5.02 Å². The van der Waals surface area contributed by atoms with Gasteiger partial charge in [0.15, 0.2) is 0 Å². The fourth-order valence-electron chi connectivity index (χ4n) is 1.82. The summed E-state index contributed by atoms with van der Waals surface area (Å²) >= 11 is 5.89. The van der Waals surface area contributed by atoms with Crippen molar-refractivity contribution in [2.24, 2.45) is 5.10 Å². The molecule has 0 aromatic heterocycles. The second-order valence-electron chi connectivity index (χ2n) is 4.84. The number of carbonyl (C=O) groups is 2. The third-order valence-electron chi connectivity index (χ3n) is 3.11. The van der Waals surface area contributed by atoms with Crippen molar-refractivity contribution < 1.29 is 19.2 Å². The predicted octanol–water partition coefficient (Wildman–Crippen LogP) is 2.35. The number of carbonyl (C=O) groups excluding carboxylic acids is 2. The van der Waals surface area contributed by atoms with E-state index in [9.17, 15) is 19.7 Å². The summed E-state index contributed by atoms with van der Waals surface area (Å²) in [5.41, 5.74) is 2.45. The van der Waals surface area contributed by atoms with Crippen LogP contribution in [0.1, 0.15) is 5.56 Å². The minimum atomic E-state index is -1.02. The molecule has 10 heteroatoms. The summed E-state index contributed by atoms with van der Waals surface area (Å²) in [6.07, 6.45) is 1.11. The van der Waals surface area contributed by atoms with Crippen LogP contribution in [-0.4, -0.2) is 30.1 Å². The number of amides is 2. The Morgan fingerprint density at radius 3 is 2.50 bits per heavy atom. The smallest absolute Gasteiger partial charge is 0.329 e. The van der Waals surface area contributed by atoms with Crippen molar-refractivity contribution >= 4 is 41.0 Å². The molecule has 0 unspecified atom stereocenters. The quantitative estimate of drug-likeness (QED) is 0.359. The highest BCUT2D eigenvalue weighted by Gasteiger charge is 2.13. The number of nitrogens with zero attached hydrogens (tertiary/aromatic N) is 2. The number of benzene rings is 2. The average Bonchev–Trinajstić information content (AvgIpc) is 2.63. The molecule has 0 aliphatic heterocycles. The van der Waals surface area contributed by atoms with E-state index in [-0.39, 0.29) is 16.3 Å². The fraction of sp³-hybridized carbons (Fsp3) is 0.0625. The molecule has 0 radical (unpaired) electrons. The van der Waals surface area contributed by atoms with E-state index in [1.807, 2.05) is 5.43 Å². The Morgan fingerprint density at radius 2 is 1.88 bits per heavy atom. The molecule has 2 amide bonds. The standard InChI is InChI=1S/C16H13ClN4O5/c1-26-13-5-2-11(3-6-13)19-15(22)16(23)20-18-9-10-8-12(21(24)25)4-7-14(10)17/h2-9H,1H3,(H,19,22)(H,20,23)/b18-9-. The number of non-ortho nitro benzene ring substituents is 1. The highest BCUT2D eigenvalue weighted by molar-refractivity contribution is 6.39. The number of hydrazone groups is 1. The van der Waals surface area contributed by atoms with Crippen LogP contribution in [0.5, 0.6) is 5.75 Å². The van der Waals surface area contributed by atoms with Crippen molar-refractivity contribution in [3.63, 3.8) is 0 Å². The normalized spacial score (nSPS) is 10.4. The van der Waals surface area contributed by atoms with Gasteiger partial charge in [-0.1, -0.05) is 11.6 Å². The van der Waals surface area contributed by atoms with E-state index < -0.39 is 16.7 Å². The van der Waals surface area contributed by atoms with E-state index in [2.05, 4.69) is 10.4 Å². The second kappa shape index (κ2) is 8.58. The van der Waals surface area contributed by atoms with Gasteiger partial charge in [-0.15, -0.1) is 0 Å². The molecule has 2 rings (SSSR count). The number of anilines is 1. The van der Waals surface area contributed by atoms with Gasteiger partial charge in [-0.3, -0.25) is 19.7 Å². The van der Waals surface area contributed by atoms with Gasteiger partial charge in [0.1, 0.15) is 5.75 Å². The van der Waals surface area contributed by atoms with Crippen molar-refractivity contribution in [2.75, 3.05) is 12.4 Å². The molecule has 0 heterocycles. The first-order valence-electron chi connectivity index (χ1n) is 7.13. The summed E-state index contributed by atoms with van der Waals surface area (Å²) in [5.74, 6) is -1.35. The van der Waals surface area contributed by atoms with Crippen molar-refractivity contribution in [2.45, 2.75) is 0 Å². The van der Waals surface area contributed by atoms with E-state index >= 15 is 0 Å². The van der Waals surface area contributed by atoms with Gasteiger partial charge in [0.05, 0.1) is 18.2 Å². The summed E-state index contributed by atoms with van der Waals surface area (Å²) in [6, 6.07) is 10.1. The van der Waals surface area contributed by atoms with Crippen LogP contribution in [0.25, 0.3) is 0 Å². The number of nitro groups is 1. The number of hydrogen-bond acceptors (Lipinski definition) is 6. The van der Waals surface area contributed by atoms with E-state index in [0.717, 1.165) is 6.21 Å². The van der Waals surface area contributed by atoms with E-state index in [0.29, 0.717) is 11.4 Å². The summed E-state index contributed by atoms with van der Waals surface area (Å²) in [7, 11) is 1.51. The van der Waals surface area contributed by atoms with Crippen LogP contribution in [0, 0.1) is 10.1 Å². The Bertz CT molecular complexity index is 867. The zero-order valence-corrected chi connectivity index (χ0v) is 14.2. The van der Waals surface area contributed by atoms with Gasteiger partial charge >= 0.3 is 11.8 Å². The molecule has 0 aliphatic rings. The van der Waals surface area contributed by atoms with Gasteiger partial charge < -0.3 is 10.1 Å². The maximum Gasteiger partial charge on any atom is 0.329 e. The molecule has 2 aromatic rings. The van der Waals surface area contributed by atoms with Crippen LogP contribution in [0.15, 0.2) is 47.6 Å². The first-order valence-corrected chi connectivity index (χ1v) is 7.51. The maximum absolute atomic E-state index is 11.8. The zero-order chi connectivity index (χ0) is 19.1. The zero-order valence-electron chi connectivity index (χ0n) is 13.4. The summed E-state index contributed by atoms with van der Waals surface area (Å²) in [4.78, 5) is 33.6. The molecule has 0 saturated carbocycles. The third-order valence-corrected chi connectivity index (χ3v) is 3.46. The number of nitrogens with one attached hydrogen (secondary N) is 2. The first kappa shape index (κ1) is 18.9. The Labute approximate surface area is 152 Å². The lowest BCUT2D eigenvalue weighted by atomic mass is 10.2. The summed E-state index contributed by atoms with van der Waals surface area (Å²) in [6.45, 7) is 0.